The van der Waals surface area contributed by atoms with Crippen molar-refractivity contribution in [2.24, 2.45) is 0 Å². The molecule has 0 aliphatic carbocycles. The number of sulfonamides is 1. The van der Waals surface area contributed by atoms with Crippen molar-refractivity contribution in [1.29, 1.82) is 0 Å². The van der Waals surface area contributed by atoms with Gasteiger partial charge in [-0.3, -0.25) is 13.9 Å². The second kappa shape index (κ2) is 14.7. The fourth-order valence-electron chi connectivity index (χ4n) is 4.82. The fraction of sp³-hybridized carbons (Fsp3) is 0.212. The highest BCUT2D eigenvalue weighted by Gasteiger charge is 2.37. The molecule has 4 aromatic carbocycles. The SMILES string of the molecule is CNC(=O)[C@@H](Cc1ccccc1)N(Cc1cccc(OC)c1)C(=O)CN(c1ccc(Cl)c(C(F)(F)F)c1)S(=O)(=O)c1ccccc1. The lowest BCUT2D eigenvalue weighted by atomic mass is 10.0. The quantitative estimate of drug-likeness (QED) is 0.201. The number of carbonyl (C=O) groups is 2. The number of hydrogen-bond acceptors (Lipinski definition) is 5. The summed E-state index contributed by atoms with van der Waals surface area (Å²) in [6, 6.07) is 24.2. The Hall–Kier alpha value is -4.55. The number of nitrogens with one attached hydrogen (secondary N) is 1. The standard InChI is InChI=1S/C33H31ClF3N3O5S/c1-38-32(42)30(19-23-10-5-3-6-11-23)39(21-24-12-9-13-26(18-24)45-2)31(41)22-40(46(43,44)27-14-7-4-8-15-27)25-16-17-29(34)28(20-25)33(35,36)37/h3-18,20,30H,19,21-22H2,1-2H3,(H,38,42)/t30-/m1/s1. The third kappa shape index (κ3) is 8.18. The summed E-state index contributed by atoms with van der Waals surface area (Å²) in [6.07, 6.45) is -4.83. The number of ether oxygens (including phenoxy) is 1. The molecule has 0 bridgehead atoms. The largest absolute Gasteiger partial charge is 0.497 e. The summed E-state index contributed by atoms with van der Waals surface area (Å²) in [6.45, 7) is -1.07. The molecule has 0 aliphatic rings. The number of hydrogen-bond donors (Lipinski definition) is 1. The van der Waals surface area contributed by atoms with Gasteiger partial charge in [-0.05, 0) is 53.6 Å². The molecule has 46 heavy (non-hydrogen) atoms. The highest BCUT2D eigenvalue weighted by atomic mass is 35.5. The van der Waals surface area contributed by atoms with E-state index in [2.05, 4.69) is 5.32 Å². The number of halogens is 4. The Kier molecular flexibility index (Phi) is 11.0. The summed E-state index contributed by atoms with van der Waals surface area (Å²) in [5.74, 6) is -0.877. The molecule has 0 radical (unpaired) electrons. The van der Waals surface area contributed by atoms with Crippen molar-refractivity contribution in [2.75, 3.05) is 25.0 Å². The summed E-state index contributed by atoms with van der Waals surface area (Å²) >= 11 is 5.84. The zero-order valence-corrected chi connectivity index (χ0v) is 26.4. The topological polar surface area (TPSA) is 96.0 Å². The molecule has 0 aromatic heterocycles. The van der Waals surface area contributed by atoms with Crippen LogP contribution in [0.5, 0.6) is 5.75 Å². The molecule has 0 spiro atoms. The van der Waals surface area contributed by atoms with E-state index in [0.29, 0.717) is 21.7 Å². The summed E-state index contributed by atoms with van der Waals surface area (Å²) in [5, 5.41) is 1.93. The van der Waals surface area contributed by atoms with E-state index in [1.165, 1.54) is 43.3 Å². The molecular weight excluding hydrogens is 643 g/mol. The maximum absolute atomic E-state index is 14.3. The molecule has 0 heterocycles. The van der Waals surface area contributed by atoms with E-state index in [1.807, 2.05) is 0 Å². The van der Waals surface area contributed by atoms with E-state index < -0.39 is 56.9 Å². The van der Waals surface area contributed by atoms with Crippen LogP contribution in [0.1, 0.15) is 16.7 Å². The molecule has 2 amide bonds. The van der Waals surface area contributed by atoms with Gasteiger partial charge < -0.3 is 15.0 Å². The first kappa shape index (κ1) is 34.3. The Morgan fingerprint density at radius 1 is 0.891 bits per heavy atom. The average molecular weight is 674 g/mol. The van der Waals surface area contributed by atoms with Gasteiger partial charge in [0.15, 0.2) is 0 Å². The van der Waals surface area contributed by atoms with E-state index in [9.17, 15) is 31.2 Å². The van der Waals surface area contributed by atoms with Crippen molar-refractivity contribution in [2.45, 2.75) is 30.1 Å². The Balaban J connectivity index is 1.85. The van der Waals surface area contributed by atoms with Crippen LogP contribution in [0.3, 0.4) is 0 Å². The normalized spacial score (nSPS) is 12.2. The van der Waals surface area contributed by atoms with Crippen LogP contribution in [0.25, 0.3) is 0 Å². The van der Waals surface area contributed by atoms with Gasteiger partial charge in [0.05, 0.1) is 28.3 Å². The van der Waals surface area contributed by atoms with Crippen LogP contribution in [0.2, 0.25) is 5.02 Å². The van der Waals surface area contributed by atoms with Gasteiger partial charge in [-0.1, -0.05) is 72.3 Å². The van der Waals surface area contributed by atoms with Gasteiger partial charge in [0.2, 0.25) is 11.8 Å². The lowest BCUT2D eigenvalue weighted by molar-refractivity contribution is -0.139. The monoisotopic (exact) mass is 673 g/mol. The van der Waals surface area contributed by atoms with Gasteiger partial charge in [-0.2, -0.15) is 13.2 Å². The van der Waals surface area contributed by atoms with Crippen molar-refractivity contribution < 1.29 is 35.9 Å². The average Bonchev–Trinajstić information content (AvgIpc) is 3.05. The summed E-state index contributed by atoms with van der Waals surface area (Å²) in [5.41, 5.74) is -0.415. The lowest BCUT2D eigenvalue weighted by Gasteiger charge is -2.33. The molecule has 1 atom stereocenters. The van der Waals surface area contributed by atoms with E-state index >= 15 is 0 Å². The van der Waals surface area contributed by atoms with Gasteiger partial charge in [-0.25, -0.2) is 8.42 Å². The highest BCUT2D eigenvalue weighted by molar-refractivity contribution is 7.92. The number of benzene rings is 4. The molecule has 0 saturated heterocycles. The first-order chi connectivity index (χ1) is 21.8. The molecule has 13 heteroatoms. The number of carbonyl (C=O) groups excluding carboxylic acids is 2. The summed E-state index contributed by atoms with van der Waals surface area (Å²) in [4.78, 5) is 28.6. The Labute approximate surface area is 270 Å². The predicted octanol–water partition coefficient (Wildman–Crippen LogP) is 5.95. The van der Waals surface area contributed by atoms with Crippen molar-refractivity contribution in [3.63, 3.8) is 0 Å². The van der Waals surface area contributed by atoms with Crippen LogP contribution in [-0.4, -0.2) is 51.9 Å². The van der Waals surface area contributed by atoms with Gasteiger partial charge in [0, 0.05) is 20.0 Å². The summed E-state index contributed by atoms with van der Waals surface area (Å²) in [7, 11) is -1.72. The number of anilines is 1. The maximum Gasteiger partial charge on any atom is 0.417 e. The van der Waals surface area contributed by atoms with Gasteiger partial charge in [0.1, 0.15) is 18.3 Å². The zero-order chi connectivity index (χ0) is 33.5. The molecule has 0 fully saturated rings. The molecule has 8 nitrogen and oxygen atoms in total. The van der Waals surface area contributed by atoms with Gasteiger partial charge in [0.25, 0.3) is 10.0 Å². The maximum atomic E-state index is 14.3. The number of nitrogens with zero attached hydrogens (tertiary/aromatic N) is 2. The van der Waals surface area contributed by atoms with Gasteiger partial charge >= 0.3 is 6.18 Å². The molecule has 4 rings (SSSR count). The molecule has 0 aliphatic heterocycles. The van der Waals surface area contributed by atoms with E-state index in [4.69, 9.17) is 16.3 Å². The van der Waals surface area contributed by atoms with Crippen LogP contribution in [0.4, 0.5) is 18.9 Å². The Bertz CT molecular complexity index is 1770. The number of methoxy groups -OCH3 is 1. The van der Waals surface area contributed by atoms with Crippen molar-refractivity contribution in [1.82, 2.24) is 10.2 Å². The molecule has 0 saturated carbocycles. The number of amides is 2. The van der Waals surface area contributed by atoms with Gasteiger partial charge in [-0.15, -0.1) is 0 Å². The minimum absolute atomic E-state index is 0.0703. The van der Waals surface area contributed by atoms with Crippen LogP contribution in [-0.2, 0) is 38.8 Å². The smallest absolute Gasteiger partial charge is 0.417 e. The van der Waals surface area contributed by atoms with E-state index in [-0.39, 0.29) is 17.9 Å². The second-order valence-electron chi connectivity index (χ2n) is 10.2. The highest BCUT2D eigenvalue weighted by Crippen LogP contribution is 2.38. The van der Waals surface area contributed by atoms with Crippen LogP contribution in [0, 0.1) is 0 Å². The van der Waals surface area contributed by atoms with Crippen LogP contribution >= 0.6 is 11.6 Å². The third-order valence-corrected chi connectivity index (χ3v) is 9.28. The molecule has 0 unspecified atom stereocenters. The minimum Gasteiger partial charge on any atom is -0.497 e. The number of rotatable bonds is 12. The first-order valence-electron chi connectivity index (χ1n) is 14.0. The molecule has 242 valence electrons. The minimum atomic E-state index is -4.91. The number of alkyl halides is 3. The van der Waals surface area contributed by atoms with Crippen LogP contribution < -0.4 is 14.4 Å². The molecule has 1 N–H and O–H groups in total. The van der Waals surface area contributed by atoms with Crippen LogP contribution in [0.15, 0.2) is 108 Å². The van der Waals surface area contributed by atoms with Crippen molar-refractivity contribution in [3.8, 4) is 5.75 Å². The van der Waals surface area contributed by atoms with E-state index in [0.717, 1.165) is 17.7 Å². The van der Waals surface area contributed by atoms with Crippen molar-refractivity contribution >= 4 is 39.1 Å². The zero-order valence-electron chi connectivity index (χ0n) is 24.9. The summed E-state index contributed by atoms with van der Waals surface area (Å²) < 4.78 is 75.5. The number of likely N-dealkylation sites (N-methyl/N-ethyl adjacent to an activating group) is 1. The lowest BCUT2D eigenvalue weighted by Crippen LogP contribution is -2.53. The van der Waals surface area contributed by atoms with E-state index in [1.54, 1.807) is 60.7 Å². The Morgan fingerprint density at radius 2 is 1.52 bits per heavy atom. The second-order valence-corrected chi connectivity index (χ2v) is 12.4. The van der Waals surface area contributed by atoms with Crippen molar-refractivity contribution in [3.05, 3.63) is 125 Å². The first-order valence-corrected chi connectivity index (χ1v) is 15.8. The predicted molar refractivity (Wildman–Crippen MR) is 169 cm³/mol. The fourth-order valence-corrected chi connectivity index (χ4v) is 6.47. The molecular formula is C33H31ClF3N3O5S. The Morgan fingerprint density at radius 3 is 2.13 bits per heavy atom. The third-order valence-electron chi connectivity index (χ3n) is 7.16. The molecule has 4 aromatic rings.